The number of nitrogens with zero attached hydrogens (tertiary/aromatic N) is 5. The maximum atomic E-state index is 6.14. The Balaban J connectivity index is 1.48. The molecular formula is C17H23ClN6. The summed E-state index contributed by atoms with van der Waals surface area (Å²) >= 11 is 5.95. The van der Waals surface area contributed by atoms with Gasteiger partial charge in [0, 0.05) is 56.7 Å². The Kier molecular flexibility index (Phi) is 5.25. The summed E-state index contributed by atoms with van der Waals surface area (Å²) in [6.45, 7) is 4.31. The third-order valence-corrected chi connectivity index (χ3v) is 4.48. The van der Waals surface area contributed by atoms with Crippen molar-refractivity contribution in [2.75, 3.05) is 37.6 Å². The van der Waals surface area contributed by atoms with Crippen LogP contribution in [-0.4, -0.2) is 53.4 Å². The molecule has 2 aromatic rings. The summed E-state index contributed by atoms with van der Waals surface area (Å²) in [7, 11) is 1.92. The zero-order chi connectivity index (χ0) is 16.9. The van der Waals surface area contributed by atoms with Crippen molar-refractivity contribution >= 4 is 23.2 Å². The number of nitrogens with two attached hydrogens (primary N) is 1. The lowest BCUT2D eigenvalue weighted by atomic mass is 10.2. The lowest BCUT2D eigenvalue weighted by molar-refractivity contribution is 0.381. The van der Waals surface area contributed by atoms with Gasteiger partial charge in [0.05, 0.1) is 6.20 Å². The van der Waals surface area contributed by atoms with Gasteiger partial charge in [0.2, 0.25) is 0 Å². The highest BCUT2D eigenvalue weighted by atomic mass is 35.5. The number of rotatable bonds is 4. The van der Waals surface area contributed by atoms with Crippen LogP contribution in [0, 0.1) is 0 Å². The van der Waals surface area contributed by atoms with E-state index in [0.29, 0.717) is 12.5 Å². The summed E-state index contributed by atoms with van der Waals surface area (Å²) in [5.41, 5.74) is 8.52. The van der Waals surface area contributed by atoms with Crippen LogP contribution in [0.3, 0.4) is 0 Å². The van der Waals surface area contributed by atoms with Crippen molar-refractivity contribution in [2.45, 2.75) is 6.42 Å². The molecule has 2 heterocycles. The number of halogens is 1. The molecule has 6 nitrogen and oxygen atoms in total. The number of aryl methyl sites for hydroxylation is 1. The minimum absolute atomic E-state index is 0.634. The van der Waals surface area contributed by atoms with E-state index in [0.717, 1.165) is 37.6 Å². The van der Waals surface area contributed by atoms with E-state index in [1.54, 1.807) is 4.68 Å². The number of anilines is 1. The van der Waals surface area contributed by atoms with Crippen LogP contribution in [0.15, 0.2) is 41.7 Å². The van der Waals surface area contributed by atoms with Crippen LogP contribution >= 0.6 is 11.6 Å². The monoisotopic (exact) mass is 346 g/mol. The van der Waals surface area contributed by atoms with E-state index >= 15 is 0 Å². The van der Waals surface area contributed by atoms with E-state index < -0.39 is 0 Å². The van der Waals surface area contributed by atoms with Crippen LogP contribution in [0.4, 0.5) is 5.69 Å². The molecule has 0 aliphatic carbocycles. The summed E-state index contributed by atoms with van der Waals surface area (Å²) in [5, 5.41) is 4.93. The number of benzene rings is 1. The SMILES string of the molecule is Cn1cc(CCN=C(N)N2CCN(c3ccc(Cl)cc3)CC2)cn1. The number of aromatic nitrogens is 2. The Morgan fingerprint density at radius 3 is 2.54 bits per heavy atom. The molecule has 1 fully saturated rings. The van der Waals surface area contributed by atoms with Gasteiger partial charge in [-0.1, -0.05) is 11.6 Å². The molecule has 0 spiro atoms. The zero-order valence-corrected chi connectivity index (χ0v) is 14.7. The average Bonchev–Trinajstić information content (AvgIpc) is 3.01. The van der Waals surface area contributed by atoms with Crippen LogP contribution in [-0.2, 0) is 13.5 Å². The number of guanidine groups is 1. The van der Waals surface area contributed by atoms with Crippen molar-refractivity contribution in [2.24, 2.45) is 17.8 Å². The molecule has 0 radical (unpaired) electrons. The highest BCUT2D eigenvalue weighted by molar-refractivity contribution is 6.30. The van der Waals surface area contributed by atoms with Gasteiger partial charge < -0.3 is 15.5 Å². The van der Waals surface area contributed by atoms with E-state index in [1.807, 2.05) is 31.6 Å². The first-order valence-corrected chi connectivity index (χ1v) is 8.52. The van der Waals surface area contributed by atoms with Gasteiger partial charge in [0.25, 0.3) is 0 Å². The second-order valence-electron chi connectivity index (χ2n) is 5.96. The maximum absolute atomic E-state index is 6.14. The molecule has 1 aliphatic heterocycles. The van der Waals surface area contributed by atoms with Crippen LogP contribution in [0.5, 0.6) is 0 Å². The molecule has 1 aromatic carbocycles. The lowest BCUT2D eigenvalue weighted by Gasteiger charge is -2.36. The van der Waals surface area contributed by atoms with E-state index in [1.165, 1.54) is 11.3 Å². The summed E-state index contributed by atoms with van der Waals surface area (Å²) in [6, 6.07) is 7.97. The molecule has 0 unspecified atom stereocenters. The molecule has 3 rings (SSSR count). The van der Waals surface area contributed by atoms with E-state index in [-0.39, 0.29) is 0 Å². The molecule has 128 valence electrons. The van der Waals surface area contributed by atoms with Gasteiger partial charge in [-0.15, -0.1) is 0 Å². The topological polar surface area (TPSA) is 62.7 Å². The second-order valence-corrected chi connectivity index (χ2v) is 6.40. The highest BCUT2D eigenvalue weighted by Crippen LogP contribution is 2.19. The molecule has 7 heteroatoms. The van der Waals surface area contributed by atoms with Gasteiger partial charge in [-0.2, -0.15) is 5.10 Å². The molecule has 0 saturated carbocycles. The first-order chi connectivity index (χ1) is 11.6. The smallest absolute Gasteiger partial charge is 0.191 e. The Morgan fingerprint density at radius 2 is 1.92 bits per heavy atom. The van der Waals surface area contributed by atoms with Crippen molar-refractivity contribution in [3.05, 3.63) is 47.2 Å². The number of aliphatic imine (C=N–C) groups is 1. The minimum atomic E-state index is 0.634. The van der Waals surface area contributed by atoms with Crippen molar-refractivity contribution in [1.82, 2.24) is 14.7 Å². The van der Waals surface area contributed by atoms with Crippen LogP contribution in [0.2, 0.25) is 5.02 Å². The van der Waals surface area contributed by atoms with Gasteiger partial charge >= 0.3 is 0 Å². The Hall–Kier alpha value is -2.21. The predicted molar refractivity (Wildman–Crippen MR) is 98.6 cm³/mol. The van der Waals surface area contributed by atoms with Gasteiger partial charge in [0.15, 0.2) is 5.96 Å². The van der Waals surface area contributed by atoms with E-state index in [4.69, 9.17) is 17.3 Å². The van der Waals surface area contributed by atoms with E-state index in [9.17, 15) is 0 Å². The third kappa shape index (κ3) is 4.20. The molecule has 0 atom stereocenters. The van der Waals surface area contributed by atoms with E-state index in [2.05, 4.69) is 32.0 Å². The molecular weight excluding hydrogens is 324 g/mol. The molecule has 0 bridgehead atoms. The largest absolute Gasteiger partial charge is 0.370 e. The molecule has 24 heavy (non-hydrogen) atoms. The number of piperazine rings is 1. The van der Waals surface area contributed by atoms with Gasteiger partial charge in [0.1, 0.15) is 0 Å². The van der Waals surface area contributed by atoms with Crippen LogP contribution in [0.25, 0.3) is 0 Å². The van der Waals surface area contributed by atoms with Crippen LogP contribution in [0.1, 0.15) is 5.56 Å². The number of hydrogen-bond donors (Lipinski definition) is 1. The van der Waals surface area contributed by atoms with Crippen molar-refractivity contribution in [1.29, 1.82) is 0 Å². The standard InChI is InChI=1S/C17H23ClN6/c1-22-13-14(12-21-22)6-7-20-17(19)24-10-8-23(9-11-24)16-4-2-15(18)3-5-16/h2-5,12-13H,6-11H2,1H3,(H2,19,20). The first kappa shape index (κ1) is 16.6. The predicted octanol–water partition coefficient (Wildman–Crippen LogP) is 1.75. The van der Waals surface area contributed by atoms with Gasteiger partial charge in [-0.3, -0.25) is 9.67 Å². The summed E-state index contributed by atoms with van der Waals surface area (Å²) in [6.07, 6.45) is 4.74. The van der Waals surface area contributed by atoms with Crippen molar-refractivity contribution < 1.29 is 0 Å². The van der Waals surface area contributed by atoms with Gasteiger partial charge in [-0.25, -0.2) is 0 Å². The van der Waals surface area contributed by atoms with Crippen molar-refractivity contribution in [3.63, 3.8) is 0 Å². The fourth-order valence-corrected chi connectivity index (χ4v) is 2.97. The molecule has 1 saturated heterocycles. The molecule has 0 amide bonds. The highest BCUT2D eigenvalue weighted by Gasteiger charge is 2.18. The Labute approximate surface area is 147 Å². The third-order valence-electron chi connectivity index (χ3n) is 4.23. The summed E-state index contributed by atoms with van der Waals surface area (Å²) in [5.74, 6) is 0.634. The lowest BCUT2D eigenvalue weighted by Crippen LogP contribution is -2.51. The Bertz CT molecular complexity index is 685. The first-order valence-electron chi connectivity index (χ1n) is 8.15. The van der Waals surface area contributed by atoms with Crippen LogP contribution < -0.4 is 10.6 Å². The number of hydrogen-bond acceptors (Lipinski definition) is 3. The quantitative estimate of drug-likeness (QED) is 0.676. The van der Waals surface area contributed by atoms with Crippen molar-refractivity contribution in [3.8, 4) is 0 Å². The molecule has 1 aromatic heterocycles. The summed E-state index contributed by atoms with van der Waals surface area (Å²) in [4.78, 5) is 9.00. The fraction of sp³-hybridized carbons (Fsp3) is 0.412. The Morgan fingerprint density at radius 1 is 1.21 bits per heavy atom. The second kappa shape index (κ2) is 7.57. The van der Waals surface area contributed by atoms with Gasteiger partial charge in [-0.05, 0) is 36.2 Å². The summed E-state index contributed by atoms with van der Waals surface area (Å²) < 4.78 is 1.80. The average molecular weight is 347 g/mol. The minimum Gasteiger partial charge on any atom is -0.370 e. The zero-order valence-electron chi connectivity index (χ0n) is 13.9. The normalized spacial score (nSPS) is 15.8. The fourth-order valence-electron chi connectivity index (χ4n) is 2.85. The molecule has 1 aliphatic rings. The molecule has 2 N–H and O–H groups in total. The maximum Gasteiger partial charge on any atom is 0.191 e.